The minimum Gasteiger partial charge on any atom is -0.288 e. The Balaban J connectivity index is 2.42. The number of rotatable bonds is 2. The van der Waals surface area contributed by atoms with E-state index in [4.69, 9.17) is 0 Å². The van der Waals surface area contributed by atoms with Crippen molar-refractivity contribution in [3.63, 3.8) is 0 Å². The van der Waals surface area contributed by atoms with E-state index in [0.717, 1.165) is 11.5 Å². The number of halogens is 2. The van der Waals surface area contributed by atoms with E-state index in [0.29, 0.717) is 14.9 Å². The Hall–Kier alpha value is -1.07. The van der Waals surface area contributed by atoms with Crippen LogP contribution in [0.1, 0.15) is 15.2 Å². The molecule has 0 spiro atoms. The van der Waals surface area contributed by atoms with Crippen molar-refractivity contribution in [1.82, 2.24) is 4.37 Å². The van der Waals surface area contributed by atoms with E-state index in [2.05, 4.69) is 20.3 Å². The molecular formula is C10H5BrFNOS. The molecule has 0 aliphatic rings. The first-order valence-corrected chi connectivity index (χ1v) is 5.65. The summed E-state index contributed by atoms with van der Waals surface area (Å²) in [6, 6.07) is 5.64. The average molecular weight is 286 g/mol. The monoisotopic (exact) mass is 285 g/mol. The maximum absolute atomic E-state index is 12.8. The molecule has 0 amide bonds. The number of benzene rings is 1. The van der Waals surface area contributed by atoms with Crippen LogP contribution in [0.3, 0.4) is 0 Å². The van der Waals surface area contributed by atoms with Gasteiger partial charge < -0.3 is 0 Å². The molecule has 1 aromatic heterocycles. The average Bonchev–Trinajstić information content (AvgIpc) is 2.69. The largest absolute Gasteiger partial charge is 0.288 e. The maximum Gasteiger partial charge on any atom is 0.205 e. The summed E-state index contributed by atoms with van der Waals surface area (Å²) in [6.07, 6.45) is 1.56. The molecule has 76 valence electrons. The number of aromatic nitrogens is 1. The Bertz CT molecular complexity index is 498. The number of carbonyl (C=O) groups excluding carboxylic acids is 1. The zero-order chi connectivity index (χ0) is 10.8. The zero-order valence-electron chi connectivity index (χ0n) is 7.41. The Morgan fingerprint density at radius 3 is 2.80 bits per heavy atom. The topological polar surface area (TPSA) is 30.0 Å². The molecule has 15 heavy (non-hydrogen) atoms. The fourth-order valence-electron chi connectivity index (χ4n) is 1.14. The fraction of sp³-hybridized carbons (Fsp3) is 0. The van der Waals surface area contributed by atoms with Gasteiger partial charge in [0.15, 0.2) is 0 Å². The molecular weight excluding hydrogens is 281 g/mol. The number of hydrogen-bond acceptors (Lipinski definition) is 3. The molecule has 0 bridgehead atoms. The molecule has 5 heteroatoms. The third-order valence-electron chi connectivity index (χ3n) is 1.84. The summed E-state index contributed by atoms with van der Waals surface area (Å²) in [7, 11) is 0. The van der Waals surface area contributed by atoms with Crippen molar-refractivity contribution in [2.24, 2.45) is 0 Å². The summed E-state index contributed by atoms with van der Waals surface area (Å²) < 4.78 is 17.1. The fourth-order valence-corrected chi connectivity index (χ4v) is 2.22. The normalized spacial score (nSPS) is 10.3. The van der Waals surface area contributed by atoms with Crippen LogP contribution in [-0.2, 0) is 0 Å². The molecule has 0 aliphatic carbocycles. The number of ketones is 1. The second-order valence-electron chi connectivity index (χ2n) is 2.83. The van der Waals surface area contributed by atoms with Crippen LogP contribution in [0.4, 0.5) is 4.39 Å². The highest BCUT2D eigenvalue weighted by Crippen LogP contribution is 2.22. The molecule has 0 saturated carbocycles. The van der Waals surface area contributed by atoms with Gasteiger partial charge in [0.05, 0.1) is 4.88 Å². The molecule has 0 atom stereocenters. The Labute approximate surface area is 98.0 Å². The van der Waals surface area contributed by atoms with E-state index >= 15 is 0 Å². The molecule has 0 unspecified atom stereocenters. The molecule has 0 aliphatic heterocycles. The second kappa shape index (κ2) is 4.20. The smallest absolute Gasteiger partial charge is 0.205 e. The van der Waals surface area contributed by atoms with E-state index in [1.807, 2.05) is 0 Å². The maximum atomic E-state index is 12.8. The molecule has 2 aromatic rings. The molecule has 1 aromatic carbocycles. The van der Waals surface area contributed by atoms with Crippen molar-refractivity contribution in [2.45, 2.75) is 0 Å². The molecule has 1 heterocycles. The van der Waals surface area contributed by atoms with Crippen LogP contribution in [0, 0.1) is 5.82 Å². The van der Waals surface area contributed by atoms with Crippen molar-refractivity contribution in [3.8, 4) is 0 Å². The first kappa shape index (κ1) is 10.4. The summed E-state index contributed by atoms with van der Waals surface area (Å²) in [4.78, 5) is 12.4. The van der Waals surface area contributed by atoms with Crippen molar-refractivity contribution in [2.75, 3.05) is 0 Å². The lowest BCUT2D eigenvalue weighted by atomic mass is 10.1. The van der Waals surface area contributed by atoms with Crippen LogP contribution in [0.15, 0.2) is 34.9 Å². The van der Waals surface area contributed by atoms with E-state index in [9.17, 15) is 9.18 Å². The molecule has 0 radical (unpaired) electrons. The van der Waals surface area contributed by atoms with E-state index in [1.165, 1.54) is 18.2 Å². The number of hydrogen-bond donors (Lipinski definition) is 0. The van der Waals surface area contributed by atoms with Gasteiger partial charge in [0.25, 0.3) is 0 Å². The molecule has 0 fully saturated rings. The molecule has 2 rings (SSSR count). The van der Waals surface area contributed by atoms with E-state index < -0.39 is 0 Å². The van der Waals surface area contributed by atoms with Gasteiger partial charge in [0, 0.05) is 16.2 Å². The van der Waals surface area contributed by atoms with Gasteiger partial charge in [-0.05, 0) is 51.7 Å². The summed E-state index contributed by atoms with van der Waals surface area (Å²) in [5, 5.41) is 0. The number of nitrogens with zero attached hydrogens (tertiary/aromatic N) is 1. The van der Waals surface area contributed by atoms with Crippen molar-refractivity contribution < 1.29 is 9.18 Å². The van der Waals surface area contributed by atoms with Crippen LogP contribution < -0.4 is 0 Å². The zero-order valence-corrected chi connectivity index (χ0v) is 9.81. The van der Waals surface area contributed by atoms with Crippen LogP contribution in [0.25, 0.3) is 0 Å². The third-order valence-corrected chi connectivity index (χ3v) is 3.24. The van der Waals surface area contributed by atoms with Crippen LogP contribution in [-0.4, -0.2) is 10.2 Å². The van der Waals surface area contributed by atoms with Crippen LogP contribution >= 0.6 is 27.5 Å². The quantitative estimate of drug-likeness (QED) is 0.793. The Morgan fingerprint density at radius 2 is 2.20 bits per heavy atom. The van der Waals surface area contributed by atoms with E-state index in [1.54, 1.807) is 12.3 Å². The van der Waals surface area contributed by atoms with Gasteiger partial charge in [-0.1, -0.05) is 0 Å². The van der Waals surface area contributed by atoms with E-state index in [-0.39, 0.29) is 11.6 Å². The van der Waals surface area contributed by atoms with Crippen molar-refractivity contribution in [1.29, 1.82) is 0 Å². The van der Waals surface area contributed by atoms with Gasteiger partial charge in [0.1, 0.15) is 5.82 Å². The highest BCUT2D eigenvalue weighted by atomic mass is 79.9. The Morgan fingerprint density at radius 1 is 1.40 bits per heavy atom. The van der Waals surface area contributed by atoms with Crippen LogP contribution in [0.5, 0.6) is 0 Å². The van der Waals surface area contributed by atoms with Crippen molar-refractivity contribution in [3.05, 3.63) is 51.2 Å². The predicted molar refractivity (Wildman–Crippen MR) is 59.6 cm³/mol. The standard InChI is InChI=1S/C10H5BrFNOS/c11-8-5-6(12)1-2-7(8)10(14)9-3-4-13-15-9/h1-5H. The highest BCUT2D eigenvalue weighted by molar-refractivity contribution is 9.10. The van der Waals surface area contributed by atoms with Gasteiger partial charge >= 0.3 is 0 Å². The molecule has 2 nitrogen and oxygen atoms in total. The van der Waals surface area contributed by atoms with Gasteiger partial charge in [0.2, 0.25) is 5.78 Å². The predicted octanol–water partition coefficient (Wildman–Crippen LogP) is 3.28. The lowest BCUT2D eigenvalue weighted by molar-refractivity contribution is 0.104. The summed E-state index contributed by atoms with van der Waals surface area (Å²) in [6.45, 7) is 0. The Kier molecular flexibility index (Phi) is 2.93. The minimum atomic E-state index is -0.372. The van der Waals surface area contributed by atoms with Crippen LogP contribution in [0.2, 0.25) is 0 Å². The first-order valence-electron chi connectivity index (χ1n) is 4.09. The lowest BCUT2D eigenvalue weighted by Crippen LogP contribution is -1.99. The second-order valence-corrected chi connectivity index (χ2v) is 4.52. The van der Waals surface area contributed by atoms with Gasteiger partial charge in [-0.3, -0.25) is 4.79 Å². The summed E-state index contributed by atoms with van der Waals surface area (Å²) in [5.74, 6) is -0.521. The van der Waals surface area contributed by atoms with Gasteiger partial charge in [-0.15, -0.1) is 0 Å². The minimum absolute atomic E-state index is 0.149. The van der Waals surface area contributed by atoms with Gasteiger partial charge in [-0.25, -0.2) is 8.76 Å². The number of carbonyl (C=O) groups is 1. The van der Waals surface area contributed by atoms with Crippen molar-refractivity contribution >= 4 is 33.2 Å². The summed E-state index contributed by atoms with van der Waals surface area (Å²) in [5.41, 5.74) is 0.445. The first-order chi connectivity index (χ1) is 7.18. The molecule has 0 saturated heterocycles. The molecule has 0 N–H and O–H groups in total. The summed E-state index contributed by atoms with van der Waals surface area (Å²) >= 11 is 4.28. The van der Waals surface area contributed by atoms with Gasteiger partial charge in [-0.2, -0.15) is 0 Å². The SMILES string of the molecule is O=C(c1ccns1)c1ccc(F)cc1Br. The highest BCUT2D eigenvalue weighted by Gasteiger charge is 2.14. The third kappa shape index (κ3) is 2.13. The lowest BCUT2D eigenvalue weighted by Gasteiger charge is -2.00.